The lowest BCUT2D eigenvalue weighted by Crippen LogP contribution is -1.98. The summed E-state index contributed by atoms with van der Waals surface area (Å²) in [6, 6.07) is 40.0. The molecule has 2 aromatic heterocycles. The third-order valence-electron chi connectivity index (χ3n) is 7.32. The van der Waals surface area contributed by atoms with E-state index in [1.165, 1.54) is 16.5 Å². The maximum atomic E-state index is 6.29. The summed E-state index contributed by atoms with van der Waals surface area (Å²) in [6.45, 7) is 0. The molecule has 0 saturated carbocycles. The minimum Gasteiger partial charge on any atom is -0.456 e. The predicted molar refractivity (Wildman–Crippen MR) is 153 cm³/mol. The number of ether oxygens (including phenoxy) is 1. The molecule has 178 valence electrons. The first-order valence-electron chi connectivity index (χ1n) is 12.7. The second kappa shape index (κ2) is 8.15. The average molecular weight is 488 g/mol. The Morgan fingerprint density at radius 1 is 0.579 bits per heavy atom. The fourth-order valence-corrected chi connectivity index (χ4v) is 5.60. The second-order valence-corrected chi connectivity index (χ2v) is 9.49. The van der Waals surface area contributed by atoms with E-state index in [0.717, 1.165) is 56.1 Å². The van der Waals surface area contributed by atoms with E-state index in [1.807, 2.05) is 48.8 Å². The Morgan fingerprint density at radius 2 is 1.39 bits per heavy atom. The van der Waals surface area contributed by atoms with Gasteiger partial charge in [-0.3, -0.25) is 9.55 Å². The van der Waals surface area contributed by atoms with Gasteiger partial charge in [-0.1, -0.05) is 84.9 Å². The van der Waals surface area contributed by atoms with Gasteiger partial charge < -0.3 is 4.74 Å². The summed E-state index contributed by atoms with van der Waals surface area (Å²) in [5, 5.41) is 2.35. The second-order valence-electron chi connectivity index (χ2n) is 9.49. The normalized spacial score (nSPS) is 11.9. The quantitative estimate of drug-likeness (QED) is 0.250. The average Bonchev–Trinajstić information content (AvgIpc) is 3.38. The van der Waals surface area contributed by atoms with Crippen molar-refractivity contribution in [3.8, 4) is 50.8 Å². The monoisotopic (exact) mass is 487 g/mol. The molecule has 38 heavy (non-hydrogen) atoms. The minimum atomic E-state index is 0.874. The highest BCUT2D eigenvalue weighted by Crippen LogP contribution is 2.48. The molecule has 0 aliphatic carbocycles. The minimum absolute atomic E-state index is 0.874. The Labute approximate surface area is 219 Å². The Balaban J connectivity index is 1.28. The van der Waals surface area contributed by atoms with Crippen LogP contribution in [-0.2, 0) is 0 Å². The molecule has 1 aliphatic rings. The van der Waals surface area contributed by atoms with E-state index in [9.17, 15) is 0 Å². The Kier molecular flexibility index (Phi) is 4.49. The van der Waals surface area contributed by atoms with Crippen LogP contribution in [0.4, 0.5) is 0 Å². The van der Waals surface area contributed by atoms with Gasteiger partial charge in [0.15, 0.2) is 0 Å². The lowest BCUT2D eigenvalue weighted by Gasteiger charge is -2.22. The smallest absolute Gasteiger partial charge is 0.145 e. The van der Waals surface area contributed by atoms with Crippen LogP contribution in [0, 0.1) is 0 Å². The van der Waals surface area contributed by atoms with E-state index < -0.39 is 0 Å². The fourth-order valence-electron chi connectivity index (χ4n) is 5.60. The zero-order valence-electron chi connectivity index (χ0n) is 20.4. The van der Waals surface area contributed by atoms with Crippen LogP contribution in [0.3, 0.4) is 0 Å². The summed E-state index contributed by atoms with van der Waals surface area (Å²) in [5.74, 6) is 2.71. The van der Waals surface area contributed by atoms with E-state index in [0.29, 0.717) is 0 Å². The highest BCUT2D eigenvalue weighted by atomic mass is 16.5. The molecule has 0 radical (unpaired) electrons. The SMILES string of the molecule is c1ccc(-c2nc3cnccc3n2-c2ccc(-c3ccc4c5c(cccc35)-c3ccccc3O4)cc2)cc1. The Hall–Kier alpha value is -5.22. The number of nitrogens with zero attached hydrogens (tertiary/aromatic N) is 3. The van der Waals surface area contributed by atoms with Crippen molar-refractivity contribution >= 4 is 21.8 Å². The molecular formula is C34H21N3O. The Bertz CT molecular complexity index is 1990. The largest absolute Gasteiger partial charge is 0.456 e. The number of hydrogen-bond acceptors (Lipinski definition) is 3. The number of rotatable bonds is 3. The molecule has 0 amide bonds. The van der Waals surface area contributed by atoms with E-state index >= 15 is 0 Å². The zero-order valence-corrected chi connectivity index (χ0v) is 20.4. The van der Waals surface area contributed by atoms with Gasteiger partial charge in [-0.05, 0) is 52.4 Å². The van der Waals surface area contributed by atoms with Crippen molar-refractivity contribution in [1.29, 1.82) is 0 Å². The molecule has 4 heteroatoms. The van der Waals surface area contributed by atoms with Crippen LogP contribution in [0.25, 0.3) is 61.1 Å². The van der Waals surface area contributed by atoms with Crippen LogP contribution < -0.4 is 4.74 Å². The molecular weight excluding hydrogens is 466 g/mol. The summed E-state index contributed by atoms with van der Waals surface area (Å²) >= 11 is 0. The van der Waals surface area contributed by atoms with Gasteiger partial charge in [0.05, 0.1) is 11.7 Å². The van der Waals surface area contributed by atoms with Gasteiger partial charge in [0, 0.05) is 28.4 Å². The highest BCUT2D eigenvalue weighted by Gasteiger charge is 2.21. The summed E-state index contributed by atoms with van der Waals surface area (Å²) < 4.78 is 8.50. The molecule has 1 aliphatic heterocycles. The van der Waals surface area contributed by atoms with Gasteiger partial charge in [0.1, 0.15) is 22.8 Å². The number of benzene rings is 5. The Morgan fingerprint density at radius 3 is 2.29 bits per heavy atom. The maximum Gasteiger partial charge on any atom is 0.145 e. The van der Waals surface area contributed by atoms with Crippen molar-refractivity contribution in [3.05, 3.63) is 128 Å². The third kappa shape index (κ3) is 3.10. The number of hydrogen-bond donors (Lipinski definition) is 0. The van der Waals surface area contributed by atoms with E-state index in [2.05, 4.69) is 88.4 Å². The van der Waals surface area contributed by atoms with Crippen molar-refractivity contribution in [1.82, 2.24) is 14.5 Å². The van der Waals surface area contributed by atoms with Crippen molar-refractivity contribution < 1.29 is 4.74 Å². The number of aromatic nitrogens is 3. The number of imidazole rings is 1. The topological polar surface area (TPSA) is 39.9 Å². The molecule has 8 rings (SSSR count). The van der Waals surface area contributed by atoms with Crippen LogP contribution >= 0.6 is 0 Å². The van der Waals surface area contributed by atoms with Gasteiger partial charge >= 0.3 is 0 Å². The molecule has 0 atom stereocenters. The van der Waals surface area contributed by atoms with Crippen molar-refractivity contribution in [2.75, 3.05) is 0 Å². The molecule has 0 fully saturated rings. The third-order valence-corrected chi connectivity index (χ3v) is 7.32. The van der Waals surface area contributed by atoms with Crippen LogP contribution in [0.15, 0.2) is 128 Å². The lowest BCUT2D eigenvalue weighted by molar-refractivity contribution is 0.487. The van der Waals surface area contributed by atoms with E-state index in [-0.39, 0.29) is 0 Å². The number of pyridine rings is 1. The lowest BCUT2D eigenvalue weighted by atomic mass is 9.90. The first-order chi connectivity index (χ1) is 18.8. The van der Waals surface area contributed by atoms with Gasteiger partial charge in [0.2, 0.25) is 0 Å². The molecule has 0 spiro atoms. The van der Waals surface area contributed by atoms with Crippen molar-refractivity contribution in [3.63, 3.8) is 0 Å². The van der Waals surface area contributed by atoms with Gasteiger partial charge in [0.25, 0.3) is 0 Å². The molecule has 7 aromatic rings. The van der Waals surface area contributed by atoms with Crippen molar-refractivity contribution in [2.24, 2.45) is 0 Å². The van der Waals surface area contributed by atoms with E-state index in [1.54, 1.807) is 0 Å². The van der Waals surface area contributed by atoms with Gasteiger partial charge in [-0.2, -0.15) is 0 Å². The fraction of sp³-hybridized carbons (Fsp3) is 0. The summed E-state index contributed by atoms with van der Waals surface area (Å²) in [6.07, 6.45) is 3.64. The standard InChI is InChI=1S/C34H21N3O/c1-2-7-23(8-3-1)34-36-29-21-35-20-19-30(29)37(34)24-15-13-22(14-16-24)25-17-18-32-33-27(25)10-6-11-28(33)26-9-4-5-12-31(26)38-32/h1-21H. The molecule has 4 nitrogen and oxygen atoms in total. The molecule has 0 unspecified atom stereocenters. The van der Waals surface area contributed by atoms with Crippen LogP contribution in [-0.4, -0.2) is 14.5 Å². The zero-order chi connectivity index (χ0) is 25.1. The molecule has 0 bridgehead atoms. The molecule has 5 aromatic carbocycles. The van der Waals surface area contributed by atoms with E-state index in [4.69, 9.17) is 9.72 Å². The van der Waals surface area contributed by atoms with Gasteiger partial charge in [-0.25, -0.2) is 4.98 Å². The summed E-state index contributed by atoms with van der Waals surface area (Å²) in [7, 11) is 0. The summed E-state index contributed by atoms with van der Waals surface area (Å²) in [4.78, 5) is 9.21. The first kappa shape index (κ1) is 20.9. The molecule has 0 N–H and O–H groups in total. The maximum absolute atomic E-state index is 6.29. The van der Waals surface area contributed by atoms with Crippen LogP contribution in [0.2, 0.25) is 0 Å². The van der Waals surface area contributed by atoms with Crippen molar-refractivity contribution in [2.45, 2.75) is 0 Å². The van der Waals surface area contributed by atoms with Gasteiger partial charge in [-0.15, -0.1) is 0 Å². The van der Waals surface area contributed by atoms with Crippen LogP contribution in [0.5, 0.6) is 11.5 Å². The molecule has 3 heterocycles. The first-order valence-corrected chi connectivity index (χ1v) is 12.7. The number of fused-ring (bicyclic) bond motifs is 3. The molecule has 0 saturated heterocycles. The summed E-state index contributed by atoms with van der Waals surface area (Å²) in [5.41, 5.74) is 8.71. The number of para-hydroxylation sites is 1. The highest BCUT2D eigenvalue weighted by molar-refractivity contribution is 6.09. The van der Waals surface area contributed by atoms with Crippen LogP contribution in [0.1, 0.15) is 0 Å². The predicted octanol–water partition coefficient (Wildman–Crippen LogP) is 8.68.